The van der Waals surface area contributed by atoms with Crippen LogP contribution in [0.1, 0.15) is 32.6 Å². The number of rotatable bonds is 5. The fourth-order valence-corrected chi connectivity index (χ4v) is 2.65. The number of carbonyl (C=O) groups excluding carboxylic acids is 2. The maximum atomic E-state index is 12.4. The number of benzene rings is 2. The molecule has 0 aliphatic heterocycles. The molecule has 0 saturated carbocycles. The lowest BCUT2D eigenvalue weighted by atomic mass is 9.96. The van der Waals surface area contributed by atoms with Gasteiger partial charge >= 0.3 is 5.97 Å². The number of ether oxygens (including phenoxy) is 1. The fraction of sp³-hybridized carbons (Fsp3) is 0.250. The lowest BCUT2D eigenvalue weighted by molar-refractivity contribution is -0.142. The molecule has 0 aliphatic rings. The minimum absolute atomic E-state index is 0.354. The Labute approximate surface area is 147 Å². The Balaban J connectivity index is 2.21. The molecule has 5 heteroatoms. The Bertz CT molecular complexity index is 800. The zero-order valence-corrected chi connectivity index (χ0v) is 14.5. The van der Waals surface area contributed by atoms with E-state index >= 15 is 0 Å². The molecule has 5 nitrogen and oxygen atoms in total. The molecule has 0 aromatic heterocycles. The molecule has 0 bridgehead atoms. The first-order valence-corrected chi connectivity index (χ1v) is 7.90. The molecule has 0 saturated heterocycles. The molecular weight excluding hydrogens is 316 g/mol. The van der Waals surface area contributed by atoms with Gasteiger partial charge < -0.3 is 10.1 Å². The number of methoxy groups -OCH3 is 1. The van der Waals surface area contributed by atoms with Gasteiger partial charge in [-0.15, -0.1) is 0 Å². The van der Waals surface area contributed by atoms with Gasteiger partial charge in [0.15, 0.2) is 0 Å². The largest absolute Gasteiger partial charge is 0.467 e. The van der Waals surface area contributed by atoms with Crippen LogP contribution in [-0.2, 0) is 16.0 Å². The van der Waals surface area contributed by atoms with Crippen LogP contribution < -0.4 is 5.32 Å². The highest BCUT2D eigenvalue weighted by atomic mass is 16.5. The van der Waals surface area contributed by atoms with Crippen molar-refractivity contribution in [3.8, 4) is 6.07 Å². The average molecular weight is 336 g/mol. The molecule has 1 amide bonds. The van der Waals surface area contributed by atoms with Crippen molar-refractivity contribution in [2.75, 3.05) is 7.11 Å². The van der Waals surface area contributed by atoms with Crippen molar-refractivity contribution in [1.82, 2.24) is 5.32 Å². The van der Waals surface area contributed by atoms with E-state index in [1.165, 1.54) is 7.11 Å². The Hall–Kier alpha value is -3.13. The van der Waals surface area contributed by atoms with Crippen molar-refractivity contribution in [3.63, 3.8) is 0 Å². The van der Waals surface area contributed by atoms with Crippen LogP contribution in [0.15, 0.2) is 42.5 Å². The van der Waals surface area contributed by atoms with Crippen LogP contribution in [0.4, 0.5) is 0 Å². The van der Waals surface area contributed by atoms with Gasteiger partial charge in [-0.3, -0.25) is 4.79 Å². The molecule has 0 fully saturated rings. The molecular formula is C20H20N2O3. The molecule has 128 valence electrons. The summed E-state index contributed by atoms with van der Waals surface area (Å²) < 4.78 is 4.84. The topological polar surface area (TPSA) is 79.2 Å². The van der Waals surface area contributed by atoms with Crippen LogP contribution in [0, 0.1) is 25.2 Å². The average Bonchev–Trinajstić information content (AvgIpc) is 2.63. The van der Waals surface area contributed by atoms with Crippen LogP contribution in [0.3, 0.4) is 0 Å². The standard InChI is InChI=1S/C20H20N2O3/c1-13-5-4-6-14(2)17(13)11-18(20(24)25-3)22-19(23)16-9-7-15(12-21)8-10-16/h4-10,18H,11H2,1-3H3,(H,22,23)/t18-/m1/s1. The number of hydrogen-bond donors (Lipinski definition) is 1. The lowest BCUT2D eigenvalue weighted by Gasteiger charge is -2.19. The summed E-state index contributed by atoms with van der Waals surface area (Å²) in [6, 6.07) is 13.4. The zero-order valence-electron chi connectivity index (χ0n) is 14.5. The van der Waals surface area contributed by atoms with Crippen LogP contribution in [-0.4, -0.2) is 25.0 Å². The van der Waals surface area contributed by atoms with Gasteiger partial charge in [-0.1, -0.05) is 18.2 Å². The molecule has 0 unspecified atom stereocenters. The van der Waals surface area contributed by atoms with Gasteiger partial charge in [0.25, 0.3) is 5.91 Å². The molecule has 0 spiro atoms. The SMILES string of the molecule is COC(=O)[C@@H](Cc1c(C)cccc1C)NC(=O)c1ccc(C#N)cc1. The number of aryl methyl sites for hydroxylation is 2. The number of carbonyl (C=O) groups is 2. The summed E-state index contributed by atoms with van der Waals surface area (Å²) in [5.41, 5.74) is 3.98. The fourth-order valence-electron chi connectivity index (χ4n) is 2.65. The van der Waals surface area contributed by atoms with Gasteiger partial charge in [-0.05, 0) is 54.8 Å². The van der Waals surface area contributed by atoms with Crippen LogP contribution in [0.5, 0.6) is 0 Å². The second kappa shape index (κ2) is 8.11. The van der Waals surface area contributed by atoms with Crippen molar-refractivity contribution >= 4 is 11.9 Å². The molecule has 25 heavy (non-hydrogen) atoms. The van der Waals surface area contributed by atoms with Crippen LogP contribution >= 0.6 is 0 Å². The summed E-state index contributed by atoms with van der Waals surface area (Å²) in [6.45, 7) is 3.94. The summed E-state index contributed by atoms with van der Waals surface area (Å²) in [4.78, 5) is 24.6. The van der Waals surface area contributed by atoms with Crippen LogP contribution in [0.25, 0.3) is 0 Å². The lowest BCUT2D eigenvalue weighted by Crippen LogP contribution is -2.43. The number of amides is 1. The Morgan fingerprint density at radius 1 is 1.12 bits per heavy atom. The van der Waals surface area contributed by atoms with Crippen molar-refractivity contribution in [1.29, 1.82) is 5.26 Å². The van der Waals surface area contributed by atoms with E-state index in [4.69, 9.17) is 10.00 Å². The number of hydrogen-bond acceptors (Lipinski definition) is 4. The second-order valence-corrected chi connectivity index (χ2v) is 5.81. The minimum Gasteiger partial charge on any atom is -0.467 e. The number of esters is 1. The molecule has 1 N–H and O–H groups in total. The molecule has 2 aromatic carbocycles. The second-order valence-electron chi connectivity index (χ2n) is 5.81. The van der Waals surface area contributed by atoms with Gasteiger partial charge in [-0.2, -0.15) is 5.26 Å². The van der Waals surface area contributed by atoms with Gasteiger partial charge in [0.05, 0.1) is 18.7 Å². The molecule has 0 aliphatic carbocycles. The van der Waals surface area contributed by atoms with E-state index in [0.717, 1.165) is 16.7 Å². The van der Waals surface area contributed by atoms with E-state index in [9.17, 15) is 9.59 Å². The minimum atomic E-state index is -0.784. The van der Waals surface area contributed by atoms with Gasteiger partial charge in [-0.25, -0.2) is 4.79 Å². The monoisotopic (exact) mass is 336 g/mol. The molecule has 0 heterocycles. The van der Waals surface area contributed by atoms with E-state index in [1.807, 2.05) is 38.1 Å². The summed E-state index contributed by atoms with van der Waals surface area (Å²) in [5, 5.41) is 11.5. The summed E-state index contributed by atoms with van der Waals surface area (Å²) in [7, 11) is 1.30. The molecule has 1 atom stereocenters. The Morgan fingerprint density at radius 2 is 1.72 bits per heavy atom. The Morgan fingerprint density at radius 3 is 2.24 bits per heavy atom. The van der Waals surface area contributed by atoms with Crippen molar-refractivity contribution in [3.05, 3.63) is 70.3 Å². The van der Waals surface area contributed by atoms with Crippen molar-refractivity contribution in [2.45, 2.75) is 26.3 Å². The maximum Gasteiger partial charge on any atom is 0.328 e. The highest BCUT2D eigenvalue weighted by molar-refractivity contribution is 5.96. The first-order chi connectivity index (χ1) is 12.0. The van der Waals surface area contributed by atoms with E-state index in [0.29, 0.717) is 17.5 Å². The first-order valence-electron chi connectivity index (χ1n) is 7.90. The highest BCUT2D eigenvalue weighted by Crippen LogP contribution is 2.16. The van der Waals surface area contributed by atoms with Gasteiger partial charge in [0.2, 0.25) is 0 Å². The number of nitrogens with zero attached hydrogens (tertiary/aromatic N) is 1. The van der Waals surface area contributed by atoms with E-state index in [-0.39, 0.29) is 5.91 Å². The van der Waals surface area contributed by atoms with E-state index in [1.54, 1.807) is 24.3 Å². The molecule has 0 radical (unpaired) electrons. The van der Waals surface area contributed by atoms with E-state index < -0.39 is 12.0 Å². The summed E-state index contributed by atoms with van der Waals surface area (Å²) >= 11 is 0. The van der Waals surface area contributed by atoms with E-state index in [2.05, 4.69) is 5.32 Å². The Kier molecular flexibility index (Phi) is 5.91. The predicted octanol–water partition coefficient (Wildman–Crippen LogP) is 2.69. The third-order valence-corrected chi connectivity index (χ3v) is 4.12. The van der Waals surface area contributed by atoms with Crippen molar-refractivity contribution in [2.24, 2.45) is 0 Å². The quantitative estimate of drug-likeness (QED) is 0.852. The molecule has 2 aromatic rings. The van der Waals surface area contributed by atoms with Gasteiger partial charge in [0.1, 0.15) is 6.04 Å². The zero-order chi connectivity index (χ0) is 18.4. The first kappa shape index (κ1) is 18.2. The number of nitrogens with one attached hydrogen (secondary N) is 1. The van der Waals surface area contributed by atoms with Gasteiger partial charge in [0, 0.05) is 12.0 Å². The highest BCUT2D eigenvalue weighted by Gasteiger charge is 2.24. The van der Waals surface area contributed by atoms with Crippen LogP contribution in [0.2, 0.25) is 0 Å². The normalized spacial score (nSPS) is 11.3. The predicted molar refractivity (Wildman–Crippen MR) is 94.0 cm³/mol. The maximum absolute atomic E-state index is 12.4. The number of nitriles is 1. The molecule has 2 rings (SSSR count). The third kappa shape index (κ3) is 4.45. The smallest absolute Gasteiger partial charge is 0.328 e. The summed E-state index contributed by atoms with van der Waals surface area (Å²) in [6.07, 6.45) is 0.354. The van der Waals surface area contributed by atoms with Crippen molar-refractivity contribution < 1.29 is 14.3 Å². The summed E-state index contributed by atoms with van der Waals surface area (Å²) in [5.74, 6) is -0.879. The third-order valence-electron chi connectivity index (χ3n) is 4.12.